The van der Waals surface area contributed by atoms with Gasteiger partial charge in [0.2, 0.25) is 5.95 Å². The number of hydrogen-bond acceptors (Lipinski definition) is 6. The molecule has 2 fully saturated rings. The molecule has 11 heteroatoms. The van der Waals surface area contributed by atoms with E-state index in [1.807, 2.05) is 10.5 Å². The standard InChI is InChI=1S/C26H23F3N6O2/c27-26(28,29)17-7-9-31-21(13-17)33-24(36)15-3-1-14(2-4-15)23-34-22(20-8-10-32-25(30)35(20)23)16-11-18-5-6-19(12-16)37-18/h1-4,7-10,13,16,18-19H,5-6,11-12H2,(H2,30,32)(H,31,33,36). The first kappa shape index (κ1) is 23.4. The fraction of sp³-hybridized carbons (Fsp3) is 0.308. The predicted octanol–water partition coefficient (Wildman–Crippen LogP) is 5.07. The molecule has 1 amide bonds. The van der Waals surface area contributed by atoms with E-state index in [9.17, 15) is 18.0 Å². The van der Waals surface area contributed by atoms with Crippen molar-refractivity contribution in [3.05, 3.63) is 71.7 Å². The number of carbonyl (C=O) groups is 1. The second kappa shape index (κ2) is 8.84. The smallest absolute Gasteiger partial charge is 0.375 e. The highest BCUT2D eigenvalue weighted by Gasteiger charge is 2.37. The number of alkyl halides is 3. The third-order valence-corrected chi connectivity index (χ3v) is 7.02. The van der Waals surface area contributed by atoms with Gasteiger partial charge in [-0.3, -0.25) is 9.20 Å². The monoisotopic (exact) mass is 508 g/mol. The van der Waals surface area contributed by atoms with E-state index in [0.717, 1.165) is 60.8 Å². The van der Waals surface area contributed by atoms with Crippen molar-refractivity contribution in [2.24, 2.45) is 0 Å². The summed E-state index contributed by atoms with van der Waals surface area (Å²) in [5, 5.41) is 2.42. The van der Waals surface area contributed by atoms with E-state index in [0.29, 0.717) is 11.8 Å². The molecule has 6 rings (SSSR count). The lowest BCUT2D eigenvalue weighted by atomic mass is 9.92. The Hall–Kier alpha value is -3.99. The van der Waals surface area contributed by atoms with Crippen LogP contribution in [0.15, 0.2) is 54.9 Å². The van der Waals surface area contributed by atoms with Crippen LogP contribution in [0.4, 0.5) is 24.9 Å². The first-order valence-corrected chi connectivity index (χ1v) is 12.0. The summed E-state index contributed by atoms with van der Waals surface area (Å²) in [5.74, 6) is 0.407. The molecule has 2 atom stereocenters. The number of aromatic nitrogens is 4. The maximum atomic E-state index is 13.0. The van der Waals surface area contributed by atoms with Crippen molar-refractivity contribution in [1.82, 2.24) is 19.4 Å². The Balaban J connectivity index is 1.29. The molecule has 190 valence electrons. The molecule has 37 heavy (non-hydrogen) atoms. The summed E-state index contributed by atoms with van der Waals surface area (Å²) in [7, 11) is 0. The summed E-state index contributed by atoms with van der Waals surface area (Å²) in [6, 6.07) is 10.2. The lowest BCUT2D eigenvalue weighted by Crippen LogP contribution is -2.24. The SMILES string of the molecule is Nc1nccc2c(C3CC4CCC(C3)O4)nc(-c3ccc(C(=O)Nc4cc(C(F)(F)F)ccn4)cc3)n12. The molecule has 8 nitrogen and oxygen atoms in total. The van der Waals surface area contributed by atoms with Crippen LogP contribution < -0.4 is 11.1 Å². The Morgan fingerprint density at radius 3 is 2.43 bits per heavy atom. The van der Waals surface area contributed by atoms with Gasteiger partial charge in [-0.2, -0.15) is 13.2 Å². The van der Waals surface area contributed by atoms with Gasteiger partial charge in [0.1, 0.15) is 11.6 Å². The molecule has 2 aliphatic heterocycles. The predicted molar refractivity (Wildman–Crippen MR) is 130 cm³/mol. The number of amides is 1. The first-order chi connectivity index (χ1) is 17.8. The van der Waals surface area contributed by atoms with Gasteiger partial charge in [0.15, 0.2) is 0 Å². The number of nitrogen functional groups attached to an aromatic ring is 1. The number of nitrogens with one attached hydrogen (secondary N) is 1. The lowest BCUT2D eigenvalue weighted by Gasteiger charge is -2.27. The van der Waals surface area contributed by atoms with Gasteiger partial charge in [0.25, 0.3) is 5.91 Å². The van der Waals surface area contributed by atoms with E-state index in [1.54, 1.807) is 30.5 Å². The summed E-state index contributed by atoms with van der Waals surface area (Å²) >= 11 is 0. The van der Waals surface area contributed by atoms with Crippen LogP contribution in [0, 0.1) is 0 Å². The van der Waals surface area contributed by atoms with E-state index in [-0.39, 0.29) is 29.5 Å². The molecule has 0 aliphatic carbocycles. The van der Waals surface area contributed by atoms with Crippen LogP contribution >= 0.6 is 0 Å². The number of imidazole rings is 1. The highest BCUT2D eigenvalue weighted by Crippen LogP contribution is 2.42. The van der Waals surface area contributed by atoms with Crippen LogP contribution in [0.1, 0.15) is 53.2 Å². The van der Waals surface area contributed by atoms with E-state index in [1.165, 1.54) is 0 Å². The minimum Gasteiger partial charge on any atom is -0.375 e. The number of pyridine rings is 1. The number of nitrogens with zero attached hydrogens (tertiary/aromatic N) is 4. The topological polar surface area (TPSA) is 107 Å². The molecule has 5 heterocycles. The zero-order valence-corrected chi connectivity index (χ0v) is 19.6. The van der Waals surface area contributed by atoms with Gasteiger partial charge >= 0.3 is 6.18 Å². The molecule has 3 N–H and O–H groups in total. The Morgan fingerprint density at radius 2 is 1.73 bits per heavy atom. The average Bonchev–Trinajstić information content (AvgIpc) is 3.44. The number of nitrogens with two attached hydrogens (primary N) is 1. The van der Waals surface area contributed by atoms with Crippen molar-refractivity contribution in [2.75, 3.05) is 11.1 Å². The van der Waals surface area contributed by atoms with Crippen molar-refractivity contribution in [3.63, 3.8) is 0 Å². The second-order valence-corrected chi connectivity index (χ2v) is 9.43. The molecule has 0 spiro atoms. The van der Waals surface area contributed by atoms with E-state index >= 15 is 0 Å². The number of benzene rings is 1. The minimum absolute atomic E-state index is 0.183. The van der Waals surface area contributed by atoms with Gasteiger partial charge in [0.05, 0.1) is 29.0 Å². The molecule has 2 bridgehead atoms. The number of hydrogen-bond donors (Lipinski definition) is 2. The van der Waals surface area contributed by atoms with E-state index < -0.39 is 17.6 Å². The number of fused-ring (bicyclic) bond motifs is 3. The molecule has 4 aromatic rings. The molecule has 3 aromatic heterocycles. The summed E-state index contributed by atoms with van der Waals surface area (Å²) in [5.41, 5.74) is 8.20. The van der Waals surface area contributed by atoms with Gasteiger partial charge in [0, 0.05) is 29.4 Å². The zero-order chi connectivity index (χ0) is 25.7. The molecular formula is C26H23F3N6O2. The number of rotatable bonds is 4. The van der Waals surface area contributed by atoms with Crippen LogP contribution in [-0.2, 0) is 10.9 Å². The normalized spacial score (nSPS) is 21.3. The first-order valence-electron chi connectivity index (χ1n) is 12.0. The largest absolute Gasteiger partial charge is 0.416 e. The molecule has 1 aromatic carbocycles. The van der Waals surface area contributed by atoms with Crippen LogP contribution in [0.2, 0.25) is 0 Å². The van der Waals surface area contributed by atoms with Crippen molar-refractivity contribution < 1.29 is 22.7 Å². The summed E-state index contributed by atoms with van der Waals surface area (Å²) in [6.45, 7) is 0. The third-order valence-electron chi connectivity index (χ3n) is 7.02. The Kier molecular flexibility index (Phi) is 5.59. The molecule has 2 saturated heterocycles. The van der Waals surface area contributed by atoms with Gasteiger partial charge < -0.3 is 15.8 Å². The number of anilines is 2. The Morgan fingerprint density at radius 1 is 1.03 bits per heavy atom. The van der Waals surface area contributed by atoms with Crippen LogP contribution in [0.3, 0.4) is 0 Å². The number of halogens is 3. The molecule has 2 aliphatic rings. The Labute approximate surface area is 209 Å². The number of ether oxygens (including phenoxy) is 1. The summed E-state index contributed by atoms with van der Waals surface area (Å²) in [6.07, 6.45) is 2.62. The molecular weight excluding hydrogens is 485 g/mol. The van der Waals surface area contributed by atoms with E-state index in [2.05, 4.69) is 15.3 Å². The average molecular weight is 509 g/mol. The van der Waals surface area contributed by atoms with Gasteiger partial charge in [-0.1, -0.05) is 12.1 Å². The van der Waals surface area contributed by atoms with Crippen molar-refractivity contribution in [3.8, 4) is 11.4 Å². The summed E-state index contributed by atoms with van der Waals surface area (Å²) in [4.78, 5) is 25.7. The van der Waals surface area contributed by atoms with Crippen LogP contribution in [0.5, 0.6) is 0 Å². The van der Waals surface area contributed by atoms with Gasteiger partial charge in [-0.15, -0.1) is 0 Å². The van der Waals surface area contributed by atoms with E-state index in [4.69, 9.17) is 15.5 Å². The number of carbonyl (C=O) groups excluding carboxylic acids is 1. The third kappa shape index (κ3) is 4.39. The molecule has 0 saturated carbocycles. The molecule has 0 radical (unpaired) electrons. The fourth-order valence-electron chi connectivity index (χ4n) is 5.29. The van der Waals surface area contributed by atoms with Gasteiger partial charge in [-0.05, 0) is 56.0 Å². The molecule has 2 unspecified atom stereocenters. The fourth-order valence-corrected chi connectivity index (χ4v) is 5.29. The zero-order valence-electron chi connectivity index (χ0n) is 19.6. The summed E-state index contributed by atoms with van der Waals surface area (Å²) < 4.78 is 46.7. The van der Waals surface area contributed by atoms with Crippen molar-refractivity contribution >= 4 is 23.2 Å². The second-order valence-electron chi connectivity index (χ2n) is 9.43. The van der Waals surface area contributed by atoms with Crippen LogP contribution in [0.25, 0.3) is 16.9 Å². The maximum absolute atomic E-state index is 13.0. The minimum atomic E-state index is -4.53. The van der Waals surface area contributed by atoms with Crippen molar-refractivity contribution in [2.45, 2.75) is 50.0 Å². The quantitative estimate of drug-likeness (QED) is 0.399. The lowest BCUT2D eigenvalue weighted by molar-refractivity contribution is -0.137. The highest BCUT2D eigenvalue weighted by molar-refractivity contribution is 6.04. The van der Waals surface area contributed by atoms with Gasteiger partial charge in [-0.25, -0.2) is 15.0 Å². The Bertz CT molecular complexity index is 1470. The highest BCUT2D eigenvalue weighted by atomic mass is 19.4. The van der Waals surface area contributed by atoms with Crippen molar-refractivity contribution in [1.29, 1.82) is 0 Å². The maximum Gasteiger partial charge on any atom is 0.416 e. The van der Waals surface area contributed by atoms with Crippen LogP contribution in [-0.4, -0.2) is 37.5 Å².